The van der Waals surface area contributed by atoms with E-state index in [1.165, 1.54) is 7.11 Å². The van der Waals surface area contributed by atoms with Crippen molar-refractivity contribution in [3.63, 3.8) is 0 Å². The Balaban J connectivity index is 1.55. The highest BCUT2D eigenvalue weighted by atomic mass is 16.5. The normalized spacial score (nSPS) is 15.9. The van der Waals surface area contributed by atoms with Gasteiger partial charge in [0.2, 0.25) is 5.91 Å². The average Bonchev–Trinajstić information content (AvgIpc) is 3.10. The number of nitrogens with one attached hydrogen (secondary N) is 1. The van der Waals surface area contributed by atoms with Crippen molar-refractivity contribution in [1.82, 2.24) is 0 Å². The molecule has 7 heteroatoms. The summed E-state index contributed by atoms with van der Waals surface area (Å²) < 4.78 is 10.3. The van der Waals surface area contributed by atoms with E-state index in [9.17, 15) is 14.4 Å². The summed E-state index contributed by atoms with van der Waals surface area (Å²) in [6.45, 7) is 3.80. The van der Waals surface area contributed by atoms with Crippen LogP contribution in [0.2, 0.25) is 0 Å². The van der Waals surface area contributed by atoms with Gasteiger partial charge in [0.25, 0.3) is 5.91 Å². The highest BCUT2D eigenvalue weighted by Crippen LogP contribution is 2.27. The maximum atomic E-state index is 12.4. The second-order valence-corrected chi connectivity index (χ2v) is 7.03. The summed E-state index contributed by atoms with van der Waals surface area (Å²) in [5, 5.41) is 2.64. The predicted octanol–water partition coefficient (Wildman–Crippen LogP) is 2.85. The number of carbonyl (C=O) groups is 3. The fraction of sp³-hybridized carbons (Fsp3) is 0.318. The van der Waals surface area contributed by atoms with Crippen LogP contribution in [-0.2, 0) is 19.1 Å². The number of anilines is 2. The lowest BCUT2D eigenvalue weighted by molar-refractivity contribution is -0.151. The van der Waals surface area contributed by atoms with Gasteiger partial charge < -0.3 is 19.7 Å². The van der Waals surface area contributed by atoms with Crippen LogP contribution in [0.3, 0.4) is 0 Å². The molecule has 0 saturated carbocycles. The Bertz CT molecular complexity index is 941. The Labute approximate surface area is 169 Å². The van der Waals surface area contributed by atoms with Crippen LogP contribution in [0.25, 0.3) is 0 Å². The molecule has 0 aliphatic carbocycles. The Morgan fingerprint density at radius 2 is 1.90 bits per heavy atom. The molecule has 2 amide bonds. The summed E-state index contributed by atoms with van der Waals surface area (Å²) in [5.74, 6) is -1.24. The third kappa shape index (κ3) is 4.74. The van der Waals surface area contributed by atoms with E-state index in [1.807, 2.05) is 32.0 Å². The van der Waals surface area contributed by atoms with E-state index in [0.717, 1.165) is 16.8 Å². The Kier molecular flexibility index (Phi) is 6.16. The summed E-state index contributed by atoms with van der Waals surface area (Å²) in [5.41, 5.74) is 3.47. The number of methoxy groups -OCH3 is 1. The number of hydrogen-bond donors (Lipinski definition) is 1. The number of carbonyl (C=O) groups excluding carboxylic acids is 3. The molecular formula is C22H24N2O5. The minimum Gasteiger partial charge on any atom is -0.495 e. The van der Waals surface area contributed by atoms with Gasteiger partial charge in [-0.25, -0.2) is 0 Å². The van der Waals surface area contributed by atoms with E-state index < -0.39 is 24.4 Å². The molecule has 29 heavy (non-hydrogen) atoms. The first-order valence-corrected chi connectivity index (χ1v) is 9.36. The van der Waals surface area contributed by atoms with Gasteiger partial charge in [-0.15, -0.1) is 0 Å². The van der Waals surface area contributed by atoms with Gasteiger partial charge in [0.1, 0.15) is 5.75 Å². The first-order valence-electron chi connectivity index (χ1n) is 9.36. The zero-order valence-electron chi connectivity index (χ0n) is 16.7. The topological polar surface area (TPSA) is 84.9 Å². The molecule has 1 atom stereocenters. The van der Waals surface area contributed by atoms with Crippen LogP contribution < -0.4 is 15.0 Å². The lowest BCUT2D eigenvalue weighted by Crippen LogP contribution is -2.28. The molecule has 1 heterocycles. The van der Waals surface area contributed by atoms with E-state index in [2.05, 4.69) is 5.32 Å². The molecule has 0 spiro atoms. The van der Waals surface area contributed by atoms with E-state index in [-0.39, 0.29) is 18.9 Å². The highest BCUT2D eigenvalue weighted by molar-refractivity contribution is 6.00. The van der Waals surface area contributed by atoms with Gasteiger partial charge in [-0.3, -0.25) is 14.4 Å². The van der Waals surface area contributed by atoms with Crippen molar-refractivity contribution >= 4 is 29.2 Å². The van der Waals surface area contributed by atoms with Gasteiger partial charge in [-0.05, 0) is 49.2 Å². The van der Waals surface area contributed by atoms with Gasteiger partial charge >= 0.3 is 5.97 Å². The number of aryl methyl sites for hydroxylation is 2. The first-order chi connectivity index (χ1) is 13.9. The molecule has 0 bridgehead atoms. The Hall–Kier alpha value is -3.35. The smallest absolute Gasteiger partial charge is 0.311 e. The van der Waals surface area contributed by atoms with Gasteiger partial charge in [0, 0.05) is 18.7 Å². The summed E-state index contributed by atoms with van der Waals surface area (Å²) in [6.07, 6.45) is 0.0693. The van der Waals surface area contributed by atoms with E-state index in [0.29, 0.717) is 11.4 Å². The Morgan fingerprint density at radius 3 is 2.62 bits per heavy atom. The quantitative estimate of drug-likeness (QED) is 0.759. The molecule has 152 valence electrons. The number of nitrogens with zero attached hydrogens (tertiary/aromatic N) is 1. The number of amides is 2. The summed E-state index contributed by atoms with van der Waals surface area (Å²) in [6, 6.07) is 12.7. The Morgan fingerprint density at radius 1 is 1.14 bits per heavy atom. The van der Waals surface area contributed by atoms with Gasteiger partial charge in [0.05, 0.1) is 18.7 Å². The summed E-state index contributed by atoms with van der Waals surface area (Å²) >= 11 is 0. The number of ether oxygens (including phenoxy) is 2. The molecule has 0 unspecified atom stereocenters. The maximum absolute atomic E-state index is 12.4. The second kappa shape index (κ2) is 8.77. The third-order valence-corrected chi connectivity index (χ3v) is 4.99. The molecule has 3 rings (SSSR count). The van der Waals surface area contributed by atoms with E-state index >= 15 is 0 Å². The zero-order valence-corrected chi connectivity index (χ0v) is 16.7. The largest absolute Gasteiger partial charge is 0.495 e. The lowest BCUT2D eigenvalue weighted by atomic mass is 10.1. The number of hydrogen-bond acceptors (Lipinski definition) is 5. The van der Waals surface area contributed by atoms with Crippen LogP contribution in [0.15, 0.2) is 42.5 Å². The van der Waals surface area contributed by atoms with Crippen molar-refractivity contribution < 1.29 is 23.9 Å². The van der Waals surface area contributed by atoms with Crippen LogP contribution in [0.4, 0.5) is 11.4 Å². The van der Waals surface area contributed by atoms with Crippen molar-refractivity contribution in [2.24, 2.45) is 5.92 Å². The monoisotopic (exact) mass is 396 g/mol. The molecule has 7 nitrogen and oxygen atoms in total. The minimum absolute atomic E-state index is 0.0693. The van der Waals surface area contributed by atoms with Crippen molar-refractivity contribution in [2.45, 2.75) is 20.3 Å². The third-order valence-electron chi connectivity index (χ3n) is 4.99. The second-order valence-electron chi connectivity index (χ2n) is 7.03. The van der Waals surface area contributed by atoms with E-state index in [1.54, 1.807) is 29.2 Å². The standard InChI is InChI=1S/C22H24N2O5/c1-14-8-9-17(10-15(14)2)24-12-16(11-21(24)26)22(27)29-13-20(25)23-18-6-4-5-7-19(18)28-3/h4-10,16H,11-13H2,1-3H3,(H,23,25)/t16-/m0/s1. The average molecular weight is 396 g/mol. The molecule has 0 aromatic heterocycles. The molecule has 1 fully saturated rings. The first kappa shape index (κ1) is 20.4. The molecule has 1 N–H and O–H groups in total. The molecule has 1 saturated heterocycles. The van der Waals surface area contributed by atoms with Crippen LogP contribution in [0, 0.1) is 19.8 Å². The molecule has 2 aromatic rings. The van der Waals surface area contributed by atoms with Gasteiger partial charge in [0.15, 0.2) is 6.61 Å². The zero-order chi connectivity index (χ0) is 21.0. The molecule has 1 aliphatic heterocycles. The van der Waals surface area contributed by atoms with Crippen LogP contribution in [0.1, 0.15) is 17.5 Å². The molecule has 2 aromatic carbocycles. The van der Waals surface area contributed by atoms with Gasteiger partial charge in [-0.2, -0.15) is 0 Å². The van der Waals surface area contributed by atoms with Crippen molar-refractivity contribution in [2.75, 3.05) is 30.5 Å². The summed E-state index contributed by atoms with van der Waals surface area (Å²) in [7, 11) is 1.50. The van der Waals surface area contributed by atoms with Crippen molar-refractivity contribution in [3.8, 4) is 5.75 Å². The number of benzene rings is 2. The number of rotatable bonds is 6. The molecule has 1 aliphatic rings. The SMILES string of the molecule is COc1ccccc1NC(=O)COC(=O)[C@H]1CC(=O)N(c2ccc(C)c(C)c2)C1. The van der Waals surface area contributed by atoms with Crippen LogP contribution in [0.5, 0.6) is 5.75 Å². The molecular weight excluding hydrogens is 372 g/mol. The fourth-order valence-corrected chi connectivity index (χ4v) is 3.20. The maximum Gasteiger partial charge on any atom is 0.311 e. The lowest BCUT2D eigenvalue weighted by Gasteiger charge is -2.18. The fourth-order valence-electron chi connectivity index (χ4n) is 3.20. The van der Waals surface area contributed by atoms with Crippen molar-refractivity contribution in [3.05, 3.63) is 53.6 Å². The summed E-state index contributed by atoms with van der Waals surface area (Å²) in [4.78, 5) is 38.4. The van der Waals surface area contributed by atoms with Gasteiger partial charge in [-0.1, -0.05) is 18.2 Å². The van der Waals surface area contributed by atoms with Crippen LogP contribution >= 0.6 is 0 Å². The minimum atomic E-state index is -0.594. The van der Waals surface area contributed by atoms with E-state index in [4.69, 9.17) is 9.47 Å². The van der Waals surface area contributed by atoms with Crippen molar-refractivity contribution in [1.29, 1.82) is 0 Å². The predicted molar refractivity (Wildman–Crippen MR) is 109 cm³/mol. The number of esters is 1. The highest BCUT2D eigenvalue weighted by Gasteiger charge is 2.36. The number of para-hydroxylation sites is 2. The molecule has 0 radical (unpaired) electrons. The van der Waals surface area contributed by atoms with Crippen LogP contribution in [-0.4, -0.2) is 38.0 Å².